The van der Waals surface area contributed by atoms with Crippen molar-refractivity contribution in [1.29, 1.82) is 0 Å². The first-order valence-electron chi connectivity index (χ1n) is 10.8. The second kappa shape index (κ2) is 10.5. The minimum absolute atomic E-state index is 0.0220. The third-order valence-corrected chi connectivity index (χ3v) is 6.60. The van der Waals surface area contributed by atoms with Gasteiger partial charge in [0, 0.05) is 62.1 Å². The number of aromatic nitrogens is 1. The molecule has 1 saturated heterocycles. The van der Waals surface area contributed by atoms with Gasteiger partial charge in [-0.1, -0.05) is 30.3 Å². The van der Waals surface area contributed by atoms with Crippen LogP contribution >= 0.6 is 11.3 Å². The van der Waals surface area contributed by atoms with Crippen molar-refractivity contribution in [3.05, 3.63) is 71.2 Å². The molecule has 32 heavy (non-hydrogen) atoms. The minimum Gasteiger partial charge on any atom is -0.497 e. The number of amides is 1. The van der Waals surface area contributed by atoms with Crippen molar-refractivity contribution in [3.8, 4) is 16.3 Å². The van der Waals surface area contributed by atoms with E-state index >= 15 is 0 Å². The summed E-state index contributed by atoms with van der Waals surface area (Å²) in [5, 5.41) is 3.10. The molecule has 2 aromatic carbocycles. The van der Waals surface area contributed by atoms with Crippen LogP contribution in [0.15, 0.2) is 60.0 Å². The maximum Gasteiger partial charge on any atom is 0.223 e. The van der Waals surface area contributed by atoms with E-state index in [4.69, 9.17) is 9.72 Å². The maximum atomic E-state index is 12.5. The van der Waals surface area contributed by atoms with Crippen LogP contribution in [-0.4, -0.2) is 59.8 Å². The zero-order valence-corrected chi connectivity index (χ0v) is 19.0. The third kappa shape index (κ3) is 5.60. The van der Waals surface area contributed by atoms with Gasteiger partial charge < -0.3 is 9.64 Å². The summed E-state index contributed by atoms with van der Waals surface area (Å²) in [6, 6.07) is 17.1. The molecule has 0 N–H and O–H groups in total. The topological polar surface area (TPSA) is 62.7 Å². The summed E-state index contributed by atoms with van der Waals surface area (Å²) in [7, 11) is 1.66. The smallest absolute Gasteiger partial charge is 0.223 e. The molecule has 3 aromatic rings. The number of carbonyl (C=O) groups is 2. The van der Waals surface area contributed by atoms with Gasteiger partial charge in [0.15, 0.2) is 5.78 Å². The van der Waals surface area contributed by atoms with Crippen molar-refractivity contribution in [1.82, 2.24) is 14.8 Å². The molecule has 1 aromatic heterocycles. The summed E-state index contributed by atoms with van der Waals surface area (Å²) in [6.07, 6.45) is 0.529. The highest BCUT2D eigenvalue weighted by molar-refractivity contribution is 7.13. The Kier molecular flexibility index (Phi) is 7.29. The van der Waals surface area contributed by atoms with E-state index < -0.39 is 0 Å². The molecule has 0 radical (unpaired) electrons. The molecule has 6 nitrogen and oxygen atoms in total. The molecule has 4 rings (SSSR count). The van der Waals surface area contributed by atoms with E-state index in [1.807, 2.05) is 47.4 Å². The summed E-state index contributed by atoms with van der Waals surface area (Å²) >= 11 is 1.64. The molecule has 0 atom stereocenters. The van der Waals surface area contributed by atoms with Crippen molar-refractivity contribution in [2.75, 3.05) is 33.3 Å². The van der Waals surface area contributed by atoms with Gasteiger partial charge in [-0.15, -0.1) is 11.3 Å². The van der Waals surface area contributed by atoms with Crippen LogP contribution in [0.3, 0.4) is 0 Å². The normalized spacial score (nSPS) is 14.3. The summed E-state index contributed by atoms with van der Waals surface area (Å²) in [5.41, 5.74) is 2.80. The number of ether oxygens (including phenoxy) is 1. The fraction of sp³-hybridized carbons (Fsp3) is 0.320. The van der Waals surface area contributed by atoms with Crippen LogP contribution in [0.4, 0.5) is 0 Å². The largest absolute Gasteiger partial charge is 0.497 e. The van der Waals surface area contributed by atoms with Gasteiger partial charge in [0.25, 0.3) is 0 Å². The second-order valence-electron chi connectivity index (χ2n) is 7.82. The maximum absolute atomic E-state index is 12.5. The molecule has 0 unspecified atom stereocenters. The van der Waals surface area contributed by atoms with Crippen LogP contribution in [0.2, 0.25) is 0 Å². The average molecular weight is 450 g/mol. The summed E-state index contributed by atoms with van der Waals surface area (Å²) in [5.74, 6) is 0.917. The molecule has 1 amide bonds. The highest BCUT2D eigenvalue weighted by atomic mass is 32.1. The fourth-order valence-corrected chi connectivity index (χ4v) is 4.59. The lowest BCUT2D eigenvalue weighted by atomic mass is 10.1. The number of carbonyl (C=O) groups excluding carboxylic acids is 2. The van der Waals surface area contributed by atoms with Gasteiger partial charge in [0.1, 0.15) is 10.8 Å². The van der Waals surface area contributed by atoms with Crippen molar-refractivity contribution in [2.24, 2.45) is 0 Å². The monoisotopic (exact) mass is 449 g/mol. The number of Topliss-reactive ketones (excluding diaryl/α,β-unsaturated/α-hetero) is 1. The quantitative estimate of drug-likeness (QED) is 0.484. The standard InChI is InChI=1S/C25H27N3O3S/c1-31-22-9-7-20(8-10-22)25-26-21(18-32-25)17-27-13-15-28(16-14-27)24(30)12-11-23(29)19-5-3-2-4-6-19/h2-10,18H,11-17H2,1H3. The number of thiazole rings is 1. The molecule has 1 aliphatic rings. The van der Waals surface area contributed by atoms with E-state index in [0.29, 0.717) is 18.7 Å². The zero-order chi connectivity index (χ0) is 22.3. The van der Waals surface area contributed by atoms with Crippen LogP contribution < -0.4 is 4.74 Å². The molecule has 0 spiro atoms. The summed E-state index contributed by atoms with van der Waals surface area (Å²) < 4.78 is 5.22. The van der Waals surface area contributed by atoms with Gasteiger partial charge in [-0.3, -0.25) is 14.5 Å². The second-order valence-corrected chi connectivity index (χ2v) is 8.68. The highest BCUT2D eigenvalue weighted by Gasteiger charge is 2.22. The lowest BCUT2D eigenvalue weighted by Gasteiger charge is -2.34. The third-order valence-electron chi connectivity index (χ3n) is 5.66. The van der Waals surface area contributed by atoms with E-state index in [1.54, 1.807) is 30.6 Å². The first kappa shape index (κ1) is 22.2. The van der Waals surface area contributed by atoms with Crippen molar-refractivity contribution < 1.29 is 14.3 Å². The Morgan fingerprint density at radius 1 is 0.969 bits per heavy atom. The summed E-state index contributed by atoms with van der Waals surface area (Å²) in [4.78, 5) is 33.8. The van der Waals surface area contributed by atoms with Crippen LogP contribution in [0.25, 0.3) is 10.6 Å². The Morgan fingerprint density at radius 3 is 2.38 bits per heavy atom. The van der Waals surface area contributed by atoms with E-state index in [1.165, 1.54) is 0 Å². The van der Waals surface area contributed by atoms with Crippen molar-refractivity contribution in [3.63, 3.8) is 0 Å². The number of piperazine rings is 1. The van der Waals surface area contributed by atoms with Crippen molar-refractivity contribution >= 4 is 23.0 Å². The van der Waals surface area contributed by atoms with Gasteiger partial charge in [-0.05, 0) is 24.3 Å². The number of ketones is 1. The van der Waals surface area contributed by atoms with Crippen LogP contribution in [-0.2, 0) is 11.3 Å². The SMILES string of the molecule is COc1ccc(-c2nc(CN3CCN(C(=O)CCC(=O)c4ccccc4)CC3)cs2)cc1. The average Bonchev–Trinajstić information content (AvgIpc) is 3.32. The molecule has 1 fully saturated rings. The predicted molar refractivity (Wildman–Crippen MR) is 126 cm³/mol. The number of rotatable bonds is 8. The van der Waals surface area contributed by atoms with Gasteiger partial charge in [0.05, 0.1) is 12.8 Å². The Bertz CT molecular complexity index is 1040. The molecule has 2 heterocycles. The van der Waals surface area contributed by atoms with Crippen LogP contribution in [0.1, 0.15) is 28.9 Å². The van der Waals surface area contributed by atoms with E-state index in [0.717, 1.165) is 41.6 Å². The van der Waals surface area contributed by atoms with Crippen molar-refractivity contribution in [2.45, 2.75) is 19.4 Å². The van der Waals surface area contributed by atoms with Crippen LogP contribution in [0, 0.1) is 0 Å². The Morgan fingerprint density at radius 2 is 1.69 bits per heavy atom. The predicted octanol–water partition coefficient (Wildman–Crippen LogP) is 4.13. The Hall–Kier alpha value is -3.03. The van der Waals surface area contributed by atoms with Crippen LogP contribution in [0.5, 0.6) is 5.75 Å². The van der Waals surface area contributed by atoms with Gasteiger partial charge in [0.2, 0.25) is 5.91 Å². The molecular weight excluding hydrogens is 422 g/mol. The molecule has 0 saturated carbocycles. The molecule has 166 valence electrons. The van der Waals surface area contributed by atoms with Gasteiger partial charge in [-0.25, -0.2) is 4.98 Å². The fourth-order valence-electron chi connectivity index (χ4n) is 3.78. The molecular formula is C25H27N3O3S. The van der Waals surface area contributed by atoms with Gasteiger partial charge >= 0.3 is 0 Å². The van der Waals surface area contributed by atoms with Gasteiger partial charge in [-0.2, -0.15) is 0 Å². The first-order valence-corrected chi connectivity index (χ1v) is 11.7. The highest BCUT2D eigenvalue weighted by Crippen LogP contribution is 2.26. The first-order chi connectivity index (χ1) is 15.6. The van der Waals surface area contributed by atoms with E-state index in [2.05, 4.69) is 10.3 Å². The number of hydrogen-bond acceptors (Lipinski definition) is 6. The number of nitrogens with zero attached hydrogens (tertiary/aromatic N) is 3. The number of benzene rings is 2. The molecule has 0 aliphatic carbocycles. The lowest BCUT2D eigenvalue weighted by molar-refractivity contribution is -0.133. The summed E-state index contributed by atoms with van der Waals surface area (Å²) in [6.45, 7) is 3.78. The molecule has 7 heteroatoms. The Balaban J connectivity index is 1.23. The number of hydrogen-bond donors (Lipinski definition) is 0. The number of methoxy groups -OCH3 is 1. The zero-order valence-electron chi connectivity index (χ0n) is 18.2. The van der Waals surface area contributed by atoms with E-state index in [-0.39, 0.29) is 24.5 Å². The minimum atomic E-state index is 0.0220. The molecule has 0 bridgehead atoms. The Labute approximate surface area is 192 Å². The molecule has 1 aliphatic heterocycles. The van der Waals surface area contributed by atoms with E-state index in [9.17, 15) is 9.59 Å². The lowest BCUT2D eigenvalue weighted by Crippen LogP contribution is -2.48.